The number of aromatic nitrogens is 1. The van der Waals surface area contributed by atoms with E-state index < -0.39 is 12.0 Å². The highest BCUT2D eigenvalue weighted by atomic mass is 16.7. The molecule has 0 amide bonds. The van der Waals surface area contributed by atoms with E-state index in [9.17, 15) is 10.1 Å². The fraction of sp³-hybridized carbons (Fsp3) is 0.500. The molecule has 0 N–H and O–H groups in total. The van der Waals surface area contributed by atoms with Crippen LogP contribution in [0.4, 0.5) is 5.82 Å². The van der Waals surface area contributed by atoms with Gasteiger partial charge in [0.15, 0.2) is 0 Å². The van der Waals surface area contributed by atoms with Crippen molar-refractivity contribution in [3.8, 4) is 0 Å². The first-order valence-electron chi connectivity index (χ1n) is 6.77. The van der Waals surface area contributed by atoms with E-state index in [1.54, 1.807) is 12.9 Å². The van der Waals surface area contributed by atoms with Gasteiger partial charge in [-0.15, -0.1) is 0 Å². The summed E-state index contributed by atoms with van der Waals surface area (Å²) in [5.41, 5.74) is 0.815. The summed E-state index contributed by atoms with van der Waals surface area (Å²) >= 11 is 0. The predicted molar refractivity (Wildman–Crippen MR) is 80.7 cm³/mol. The molecule has 0 radical (unpaired) electrons. The molecule has 0 spiro atoms. The monoisotopic (exact) mass is 290 g/mol. The number of hydrogen-bond acceptors (Lipinski definition) is 5. The van der Waals surface area contributed by atoms with Crippen LogP contribution in [0.5, 0.6) is 0 Å². The largest absolute Gasteiger partial charge is 0.487 e. The van der Waals surface area contributed by atoms with Gasteiger partial charge in [-0.3, -0.25) is 0 Å². The van der Waals surface area contributed by atoms with E-state index in [-0.39, 0.29) is 17.0 Å². The summed E-state index contributed by atoms with van der Waals surface area (Å²) in [4.78, 5) is 14.0. The van der Waals surface area contributed by atoms with Crippen LogP contribution < -0.4 is 0 Å². The van der Waals surface area contributed by atoms with Crippen LogP contribution >= 0.6 is 0 Å². The summed E-state index contributed by atoms with van der Waals surface area (Å²) in [7, 11) is -0.440. The number of pyridine rings is 1. The zero-order valence-electron chi connectivity index (χ0n) is 12.9. The molecule has 0 atom stereocenters. The zero-order chi connectivity index (χ0) is 15.8. The highest BCUT2D eigenvalue weighted by molar-refractivity contribution is 6.52. The van der Waals surface area contributed by atoms with Gasteiger partial charge in [-0.25, -0.2) is 0 Å². The van der Waals surface area contributed by atoms with Crippen LogP contribution in [-0.2, 0) is 9.31 Å². The van der Waals surface area contributed by atoms with Gasteiger partial charge in [0.25, 0.3) is 0 Å². The molecule has 1 aromatic rings. The topological polar surface area (TPSA) is 74.5 Å². The first kappa shape index (κ1) is 15.7. The average molecular weight is 290 g/mol. The molecule has 0 unspecified atom stereocenters. The second kappa shape index (κ2) is 5.24. The van der Waals surface area contributed by atoms with Gasteiger partial charge in [0.1, 0.15) is 6.20 Å². The van der Waals surface area contributed by atoms with Gasteiger partial charge in [-0.05, 0) is 50.1 Å². The van der Waals surface area contributed by atoms with Crippen LogP contribution in [0.15, 0.2) is 18.2 Å². The zero-order valence-corrected chi connectivity index (χ0v) is 12.9. The fourth-order valence-electron chi connectivity index (χ4n) is 1.98. The van der Waals surface area contributed by atoms with Crippen molar-refractivity contribution in [3.05, 3.63) is 39.5 Å². The lowest BCUT2D eigenvalue weighted by molar-refractivity contribution is -0.389. The highest BCUT2D eigenvalue weighted by Gasteiger charge is 2.50. The van der Waals surface area contributed by atoms with Crippen LogP contribution in [0.25, 0.3) is 6.08 Å². The maximum atomic E-state index is 10.7. The minimum absolute atomic E-state index is 0.153. The molecule has 1 fully saturated rings. The second-order valence-electron chi connectivity index (χ2n) is 6.14. The molecule has 0 bridgehead atoms. The van der Waals surface area contributed by atoms with Gasteiger partial charge in [0.05, 0.1) is 11.2 Å². The summed E-state index contributed by atoms with van der Waals surface area (Å²) in [6, 6.07) is 1.45. The van der Waals surface area contributed by atoms with E-state index >= 15 is 0 Å². The minimum atomic E-state index is -0.505. The Bertz CT molecular complexity index is 583. The molecular formula is C14H19BN2O4. The molecule has 7 heteroatoms. The summed E-state index contributed by atoms with van der Waals surface area (Å²) in [6.45, 7) is 9.75. The van der Waals surface area contributed by atoms with Crippen molar-refractivity contribution in [1.82, 2.24) is 4.98 Å². The average Bonchev–Trinajstić information content (AvgIpc) is 2.56. The number of nitro groups is 1. The van der Waals surface area contributed by atoms with Crippen molar-refractivity contribution >= 4 is 19.0 Å². The third-order valence-electron chi connectivity index (χ3n) is 4.03. The Labute approximate surface area is 124 Å². The number of nitrogens with zero attached hydrogens (tertiary/aromatic N) is 2. The molecule has 0 aromatic carbocycles. The quantitative estimate of drug-likeness (QED) is 0.486. The van der Waals surface area contributed by atoms with E-state index in [0.717, 1.165) is 11.1 Å². The van der Waals surface area contributed by atoms with Crippen molar-refractivity contribution in [3.63, 3.8) is 0 Å². The molecule has 0 aliphatic carbocycles. The van der Waals surface area contributed by atoms with Crippen LogP contribution in [0, 0.1) is 17.0 Å². The summed E-state index contributed by atoms with van der Waals surface area (Å²) in [5.74, 6) is 1.65. The summed E-state index contributed by atoms with van der Waals surface area (Å²) in [5, 5.41) is 10.7. The molecule has 1 aliphatic heterocycles. The number of aryl methyl sites for hydroxylation is 1. The van der Waals surface area contributed by atoms with Crippen molar-refractivity contribution < 1.29 is 14.2 Å². The summed E-state index contributed by atoms with van der Waals surface area (Å²) in [6.07, 6.45) is 3.30. The van der Waals surface area contributed by atoms with Gasteiger partial charge >= 0.3 is 12.9 Å². The van der Waals surface area contributed by atoms with Crippen molar-refractivity contribution in [1.29, 1.82) is 0 Å². The SMILES string of the molecule is Cc1cc([N+](=O)[O-])ncc1/C=C/B1OC(C)(C)C(C)(C)O1. The van der Waals surface area contributed by atoms with Crippen molar-refractivity contribution in [2.45, 2.75) is 45.8 Å². The lowest BCUT2D eigenvalue weighted by atomic mass is 9.89. The molecule has 2 heterocycles. The smallest absolute Gasteiger partial charge is 0.400 e. The summed E-state index contributed by atoms with van der Waals surface area (Å²) < 4.78 is 11.7. The predicted octanol–water partition coefficient (Wildman–Crippen LogP) is 2.94. The van der Waals surface area contributed by atoms with Gasteiger partial charge in [0, 0.05) is 11.6 Å². The molecule has 0 saturated carbocycles. The van der Waals surface area contributed by atoms with E-state index in [1.807, 2.05) is 33.8 Å². The molecule has 112 valence electrons. The fourth-order valence-corrected chi connectivity index (χ4v) is 1.98. The van der Waals surface area contributed by atoms with Gasteiger partial charge in [-0.2, -0.15) is 0 Å². The second-order valence-corrected chi connectivity index (χ2v) is 6.14. The lowest BCUT2D eigenvalue weighted by Gasteiger charge is -2.32. The molecule has 1 aromatic heterocycles. The van der Waals surface area contributed by atoms with E-state index in [1.165, 1.54) is 12.3 Å². The van der Waals surface area contributed by atoms with Crippen molar-refractivity contribution in [2.75, 3.05) is 0 Å². The maximum absolute atomic E-state index is 10.7. The van der Waals surface area contributed by atoms with Crippen LogP contribution in [0.2, 0.25) is 0 Å². The highest BCUT2D eigenvalue weighted by Crippen LogP contribution is 2.37. The van der Waals surface area contributed by atoms with Crippen LogP contribution in [-0.4, -0.2) is 28.2 Å². The molecule has 2 rings (SSSR count). The molecule has 1 saturated heterocycles. The van der Waals surface area contributed by atoms with Crippen LogP contribution in [0.1, 0.15) is 38.8 Å². The van der Waals surface area contributed by atoms with E-state index in [0.29, 0.717) is 0 Å². The molecule has 6 nitrogen and oxygen atoms in total. The van der Waals surface area contributed by atoms with E-state index in [4.69, 9.17) is 9.31 Å². The Hall–Kier alpha value is -1.73. The molecule has 1 aliphatic rings. The Morgan fingerprint density at radius 3 is 2.33 bits per heavy atom. The Balaban J connectivity index is 2.14. The maximum Gasteiger partial charge on any atom is 0.487 e. The van der Waals surface area contributed by atoms with Gasteiger partial charge in [0.2, 0.25) is 0 Å². The molecule has 21 heavy (non-hydrogen) atoms. The first-order chi connectivity index (χ1) is 9.62. The van der Waals surface area contributed by atoms with Gasteiger partial charge in [-0.1, -0.05) is 12.1 Å². The Kier molecular flexibility index (Phi) is 3.90. The standard InChI is InChI=1S/C14H19BN2O4/c1-10-8-12(17(18)19)16-9-11(10)6-7-15-20-13(2,3)14(4,5)21-15/h6-9H,1-5H3/b7-6+. The minimum Gasteiger partial charge on any atom is -0.400 e. The number of hydrogen-bond donors (Lipinski definition) is 0. The third kappa shape index (κ3) is 3.14. The first-order valence-corrected chi connectivity index (χ1v) is 6.77. The third-order valence-corrected chi connectivity index (χ3v) is 4.03. The number of rotatable bonds is 3. The van der Waals surface area contributed by atoms with Crippen molar-refractivity contribution in [2.24, 2.45) is 0 Å². The normalized spacial score (nSPS) is 20.1. The molecular weight excluding hydrogens is 271 g/mol. The van der Waals surface area contributed by atoms with E-state index in [2.05, 4.69) is 4.98 Å². The lowest BCUT2D eigenvalue weighted by Crippen LogP contribution is -2.41. The van der Waals surface area contributed by atoms with Crippen LogP contribution in [0.3, 0.4) is 0 Å². The van der Waals surface area contributed by atoms with Gasteiger partial charge < -0.3 is 19.4 Å². The Morgan fingerprint density at radius 2 is 1.86 bits per heavy atom. The Morgan fingerprint density at radius 1 is 1.29 bits per heavy atom.